The van der Waals surface area contributed by atoms with Crippen LogP contribution < -0.4 is 5.32 Å². The van der Waals surface area contributed by atoms with Crippen molar-refractivity contribution in [2.24, 2.45) is 0 Å². The molecular formula is C14H13FN2O4. The summed E-state index contributed by atoms with van der Waals surface area (Å²) in [5, 5.41) is 2.46. The summed E-state index contributed by atoms with van der Waals surface area (Å²) in [4.78, 5) is 35.2. The van der Waals surface area contributed by atoms with E-state index >= 15 is 0 Å². The van der Waals surface area contributed by atoms with Crippen molar-refractivity contribution in [3.05, 3.63) is 41.7 Å². The van der Waals surface area contributed by atoms with Gasteiger partial charge in [-0.2, -0.15) is 0 Å². The van der Waals surface area contributed by atoms with Gasteiger partial charge in [0.2, 0.25) is 0 Å². The lowest BCUT2D eigenvalue weighted by atomic mass is 10.2. The van der Waals surface area contributed by atoms with E-state index < -0.39 is 30.3 Å². The fourth-order valence-electron chi connectivity index (χ4n) is 1.74. The molecule has 1 aromatic carbocycles. The van der Waals surface area contributed by atoms with Gasteiger partial charge in [0, 0.05) is 24.7 Å². The van der Waals surface area contributed by atoms with E-state index in [1.54, 1.807) is 6.07 Å². The number of amides is 3. The van der Waals surface area contributed by atoms with Gasteiger partial charge in [-0.25, -0.2) is 14.0 Å². The molecule has 1 aliphatic heterocycles. The van der Waals surface area contributed by atoms with Crippen molar-refractivity contribution >= 4 is 24.0 Å². The van der Waals surface area contributed by atoms with Crippen molar-refractivity contribution < 1.29 is 23.5 Å². The third-order valence-electron chi connectivity index (χ3n) is 2.80. The molecule has 1 heterocycles. The summed E-state index contributed by atoms with van der Waals surface area (Å²) < 4.78 is 18.0. The molecule has 0 aliphatic carbocycles. The number of benzene rings is 1. The van der Waals surface area contributed by atoms with Crippen LogP contribution in [-0.4, -0.2) is 42.5 Å². The number of halogens is 1. The second-order valence-electron chi connectivity index (χ2n) is 4.24. The van der Waals surface area contributed by atoms with Crippen LogP contribution in [0.3, 0.4) is 0 Å². The topological polar surface area (TPSA) is 75.7 Å². The van der Waals surface area contributed by atoms with E-state index in [0.717, 1.165) is 11.0 Å². The van der Waals surface area contributed by atoms with Gasteiger partial charge in [-0.3, -0.25) is 9.69 Å². The molecule has 1 saturated heterocycles. The normalized spacial score (nSPS) is 14.3. The minimum Gasteiger partial charge on any atom is -0.452 e. The van der Waals surface area contributed by atoms with E-state index in [9.17, 15) is 18.8 Å². The molecule has 0 unspecified atom stereocenters. The first-order valence-corrected chi connectivity index (χ1v) is 6.25. The molecule has 21 heavy (non-hydrogen) atoms. The zero-order valence-corrected chi connectivity index (χ0v) is 11.0. The number of hydrogen-bond acceptors (Lipinski definition) is 4. The van der Waals surface area contributed by atoms with Gasteiger partial charge in [0.25, 0.3) is 5.91 Å². The number of nitrogens with one attached hydrogen (secondary N) is 1. The smallest absolute Gasteiger partial charge is 0.331 e. The Morgan fingerprint density at radius 2 is 2.14 bits per heavy atom. The van der Waals surface area contributed by atoms with Crippen LogP contribution in [0.1, 0.15) is 5.56 Å². The Bertz CT molecular complexity index is 600. The lowest BCUT2D eigenvalue weighted by molar-refractivity contribution is -0.146. The van der Waals surface area contributed by atoms with Crippen LogP contribution in [0.2, 0.25) is 0 Å². The Kier molecular flexibility index (Phi) is 4.65. The largest absolute Gasteiger partial charge is 0.452 e. The number of carbonyl (C=O) groups excluding carboxylic acids is 3. The first kappa shape index (κ1) is 14.7. The average molecular weight is 292 g/mol. The molecule has 1 N–H and O–H groups in total. The Hall–Kier alpha value is -2.70. The van der Waals surface area contributed by atoms with Crippen LogP contribution in [0.15, 0.2) is 30.3 Å². The molecule has 7 heteroatoms. The van der Waals surface area contributed by atoms with Gasteiger partial charge in [-0.05, 0) is 12.1 Å². The molecule has 6 nitrogen and oxygen atoms in total. The molecule has 1 aromatic rings. The molecule has 1 aliphatic rings. The van der Waals surface area contributed by atoms with Crippen molar-refractivity contribution in [1.29, 1.82) is 0 Å². The fourth-order valence-corrected chi connectivity index (χ4v) is 1.74. The van der Waals surface area contributed by atoms with Gasteiger partial charge in [0.15, 0.2) is 6.61 Å². The number of nitrogens with zero attached hydrogens (tertiary/aromatic N) is 1. The van der Waals surface area contributed by atoms with Crippen molar-refractivity contribution in [2.75, 3.05) is 19.7 Å². The van der Waals surface area contributed by atoms with Gasteiger partial charge < -0.3 is 10.1 Å². The summed E-state index contributed by atoms with van der Waals surface area (Å²) in [6.45, 7) is 0.0971. The highest BCUT2D eigenvalue weighted by atomic mass is 19.1. The molecule has 3 amide bonds. The fraction of sp³-hybridized carbons (Fsp3) is 0.214. The first-order valence-electron chi connectivity index (χ1n) is 6.25. The Labute approximate surface area is 120 Å². The number of carbonyl (C=O) groups is 3. The Morgan fingerprint density at radius 3 is 2.81 bits per heavy atom. The monoisotopic (exact) mass is 292 g/mol. The highest BCUT2D eigenvalue weighted by molar-refractivity contribution is 5.97. The van der Waals surface area contributed by atoms with Gasteiger partial charge in [0.1, 0.15) is 5.82 Å². The van der Waals surface area contributed by atoms with E-state index in [2.05, 4.69) is 5.32 Å². The van der Waals surface area contributed by atoms with E-state index in [1.807, 2.05) is 0 Å². The maximum atomic E-state index is 13.3. The van der Waals surface area contributed by atoms with E-state index in [1.165, 1.54) is 24.3 Å². The van der Waals surface area contributed by atoms with Gasteiger partial charge >= 0.3 is 12.0 Å². The number of esters is 1. The SMILES string of the molecule is O=C(/C=C/c1ccccc1F)OCC(=O)N1CCNC1=O. The minimum atomic E-state index is -0.786. The maximum Gasteiger partial charge on any atom is 0.331 e. The molecule has 0 spiro atoms. The summed E-state index contributed by atoms with van der Waals surface area (Å²) in [7, 11) is 0. The van der Waals surface area contributed by atoms with Crippen LogP contribution in [0.4, 0.5) is 9.18 Å². The zero-order chi connectivity index (χ0) is 15.2. The molecular weight excluding hydrogens is 279 g/mol. The lowest BCUT2D eigenvalue weighted by Crippen LogP contribution is -2.37. The third-order valence-corrected chi connectivity index (χ3v) is 2.80. The highest BCUT2D eigenvalue weighted by Crippen LogP contribution is 2.08. The molecule has 0 atom stereocenters. The standard InChI is InChI=1S/C14H13FN2O4/c15-11-4-2-1-3-10(11)5-6-13(19)21-9-12(18)17-8-7-16-14(17)20/h1-6H,7-9H2,(H,16,20)/b6-5+. The van der Waals surface area contributed by atoms with Crippen molar-refractivity contribution in [2.45, 2.75) is 0 Å². The van der Waals surface area contributed by atoms with E-state index in [-0.39, 0.29) is 12.1 Å². The molecule has 0 aromatic heterocycles. The summed E-state index contributed by atoms with van der Waals surface area (Å²) in [5.74, 6) is -1.85. The Morgan fingerprint density at radius 1 is 1.38 bits per heavy atom. The first-order chi connectivity index (χ1) is 10.1. The number of hydrogen-bond donors (Lipinski definition) is 1. The predicted octanol–water partition coefficient (Wildman–Crippen LogP) is 0.934. The number of urea groups is 1. The minimum absolute atomic E-state index is 0.236. The highest BCUT2D eigenvalue weighted by Gasteiger charge is 2.26. The van der Waals surface area contributed by atoms with Crippen LogP contribution in [0.25, 0.3) is 6.08 Å². The zero-order valence-electron chi connectivity index (χ0n) is 11.0. The molecule has 0 radical (unpaired) electrons. The third kappa shape index (κ3) is 3.88. The number of rotatable bonds is 4. The van der Waals surface area contributed by atoms with Gasteiger partial charge in [0.05, 0.1) is 0 Å². The van der Waals surface area contributed by atoms with Crippen LogP contribution >= 0.6 is 0 Å². The van der Waals surface area contributed by atoms with Crippen LogP contribution in [0, 0.1) is 5.82 Å². The molecule has 0 saturated carbocycles. The maximum absolute atomic E-state index is 13.3. The second-order valence-corrected chi connectivity index (χ2v) is 4.24. The summed E-state index contributed by atoms with van der Waals surface area (Å²) in [6, 6.07) is 5.42. The molecule has 1 fully saturated rings. The van der Waals surface area contributed by atoms with Crippen LogP contribution in [0.5, 0.6) is 0 Å². The van der Waals surface area contributed by atoms with Crippen molar-refractivity contribution in [1.82, 2.24) is 10.2 Å². The average Bonchev–Trinajstić information content (AvgIpc) is 2.90. The lowest BCUT2D eigenvalue weighted by Gasteiger charge is -2.11. The molecule has 0 bridgehead atoms. The second kappa shape index (κ2) is 6.65. The van der Waals surface area contributed by atoms with E-state index in [0.29, 0.717) is 6.54 Å². The molecule has 110 valence electrons. The van der Waals surface area contributed by atoms with Gasteiger partial charge in [-0.1, -0.05) is 18.2 Å². The Balaban J connectivity index is 1.84. The van der Waals surface area contributed by atoms with E-state index in [4.69, 9.17) is 4.74 Å². The summed E-state index contributed by atoms with van der Waals surface area (Å²) >= 11 is 0. The predicted molar refractivity (Wildman–Crippen MR) is 71.5 cm³/mol. The van der Waals surface area contributed by atoms with Crippen molar-refractivity contribution in [3.8, 4) is 0 Å². The van der Waals surface area contributed by atoms with Crippen molar-refractivity contribution in [3.63, 3.8) is 0 Å². The van der Waals surface area contributed by atoms with Crippen LogP contribution in [-0.2, 0) is 14.3 Å². The quantitative estimate of drug-likeness (QED) is 0.662. The number of ether oxygens (including phenoxy) is 1. The van der Waals surface area contributed by atoms with Gasteiger partial charge in [-0.15, -0.1) is 0 Å². The number of imide groups is 1. The summed E-state index contributed by atoms with van der Waals surface area (Å²) in [5.41, 5.74) is 0.236. The molecule has 2 rings (SSSR count). The summed E-state index contributed by atoms with van der Waals surface area (Å²) in [6.07, 6.45) is 2.28.